The third-order valence-electron chi connectivity index (χ3n) is 3.49. The van der Waals surface area contributed by atoms with Crippen molar-refractivity contribution in [3.05, 3.63) is 35.9 Å². The van der Waals surface area contributed by atoms with Crippen LogP contribution < -0.4 is 5.32 Å². The lowest BCUT2D eigenvalue weighted by Gasteiger charge is -2.21. The minimum absolute atomic E-state index is 0.327. The van der Waals surface area contributed by atoms with Crippen LogP contribution >= 0.6 is 0 Å². The fraction of sp³-hybridized carbons (Fsp3) is 0.533. The number of hydrogen-bond acceptors (Lipinski definition) is 4. The molecule has 110 valence electrons. The SMILES string of the molecule is O=C(O)C1CNCCN(CCOCc2ccccc2)C1. The van der Waals surface area contributed by atoms with Crippen molar-refractivity contribution in [1.82, 2.24) is 10.2 Å². The molecular weight excluding hydrogens is 256 g/mol. The molecule has 1 unspecified atom stereocenters. The molecule has 1 aromatic rings. The summed E-state index contributed by atoms with van der Waals surface area (Å²) in [5.74, 6) is -1.05. The molecule has 5 heteroatoms. The van der Waals surface area contributed by atoms with Gasteiger partial charge in [-0.1, -0.05) is 30.3 Å². The summed E-state index contributed by atoms with van der Waals surface area (Å²) in [6, 6.07) is 10.1. The Morgan fingerprint density at radius 3 is 2.95 bits per heavy atom. The first-order valence-electron chi connectivity index (χ1n) is 7.03. The Morgan fingerprint density at radius 1 is 1.40 bits per heavy atom. The Bertz CT molecular complexity index is 411. The highest BCUT2D eigenvalue weighted by Gasteiger charge is 2.23. The number of nitrogens with one attached hydrogen (secondary N) is 1. The van der Waals surface area contributed by atoms with Gasteiger partial charge in [-0.3, -0.25) is 9.69 Å². The van der Waals surface area contributed by atoms with Crippen LogP contribution in [0, 0.1) is 5.92 Å². The van der Waals surface area contributed by atoms with Crippen molar-refractivity contribution in [2.75, 3.05) is 39.3 Å². The van der Waals surface area contributed by atoms with Crippen molar-refractivity contribution >= 4 is 5.97 Å². The number of nitrogens with zero attached hydrogens (tertiary/aromatic N) is 1. The van der Waals surface area contributed by atoms with Crippen molar-refractivity contribution in [3.63, 3.8) is 0 Å². The molecule has 1 saturated heterocycles. The van der Waals surface area contributed by atoms with Crippen molar-refractivity contribution in [2.24, 2.45) is 5.92 Å². The van der Waals surface area contributed by atoms with Gasteiger partial charge in [0.25, 0.3) is 0 Å². The van der Waals surface area contributed by atoms with Gasteiger partial charge >= 0.3 is 5.97 Å². The summed E-state index contributed by atoms with van der Waals surface area (Å²) in [5, 5.41) is 12.3. The maximum absolute atomic E-state index is 11.1. The van der Waals surface area contributed by atoms with Gasteiger partial charge in [0.15, 0.2) is 0 Å². The van der Waals surface area contributed by atoms with Crippen LogP contribution in [0.5, 0.6) is 0 Å². The Balaban J connectivity index is 1.69. The average molecular weight is 278 g/mol. The minimum atomic E-state index is -0.727. The van der Waals surface area contributed by atoms with Gasteiger partial charge in [0.05, 0.1) is 19.1 Å². The molecule has 0 aromatic heterocycles. The lowest BCUT2D eigenvalue weighted by atomic mass is 10.1. The van der Waals surface area contributed by atoms with Crippen molar-refractivity contribution in [1.29, 1.82) is 0 Å². The highest BCUT2D eigenvalue weighted by atomic mass is 16.5. The van der Waals surface area contributed by atoms with E-state index < -0.39 is 5.97 Å². The first-order chi connectivity index (χ1) is 9.75. The number of carbonyl (C=O) groups is 1. The molecule has 2 N–H and O–H groups in total. The molecule has 1 fully saturated rings. The van der Waals surface area contributed by atoms with E-state index in [4.69, 9.17) is 9.84 Å². The first-order valence-corrected chi connectivity index (χ1v) is 7.03. The molecule has 5 nitrogen and oxygen atoms in total. The number of ether oxygens (including phenoxy) is 1. The molecule has 0 saturated carbocycles. The van der Waals surface area contributed by atoms with E-state index in [0.717, 1.165) is 25.2 Å². The number of carboxylic acid groups (broad SMARTS) is 1. The van der Waals surface area contributed by atoms with E-state index in [1.165, 1.54) is 0 Å². The molecule has 1 aromatic carbocycles. The third-order valence-corrected chi connectivity index (χ3v) is 3.49. The molecule has 1 aliphatic rings. The first kappa shape index (κ1) is 15.0. The Hall–Kier alpha value is -1.43. The van der Waals surface area contributed by atoms with Crippen LogP contribution in [0.1, 0.15) is 5.56 Å². The zero-order valence-electron chi connectivity index (χ0n) is 11.6. The van der Waals surface area contributed by atoms with E-state index in [-0.39, 0.29) is 5.92 Å². The van der Waals surface area contributed by atoms with Crippen LogP contribution in [0.2, 0.25) is 0 Å². The lowest BCUT2D eigenvalue weighted by Crippen LogP contribution is -2.35. The zero-order valence-corrected chi connectivity index (χ0v) is 11.6. The number of aliphatic carboxylic acids is 1. The molecule has 0 spiro atoms. The second kappa shape index (κ2) is 7.99. The van der Waals surface area contributed by atoms with Crippen molar-refractivity contribution < 1.29 is 14.6 Å². The standard InChI is InChI=1S/C15H22N2O3/c18-15(19)14-10-16-6-7-17(11-14)8-9-20-12-13-4-2-1-3-5-13/h1-5,14,16H,6-12H2,(H,18,19). The topological polar surface area (TPSA) is 61.8 Å². The summed E-state index contributed by atoms with van der Waals surface area (Å²) < 4.78 is 5.65. The molecular formula is C15H22N2O3. The second-order valence-corrected chi connectivity index (χ2v) is 5.08. The summed E-state index contributed by atoms with van der Waals surface area (Å²) in [5.41, 5.74) is 1.16. The fourth-order valence-electron chi connectivity index (χ4n) is 2.31. The smallest absolute Gasteiger partial charge is 0.309 e. The maximum atomic E-state index is 11.1. The van der Waals surface area contributed by atoms with Gasteiger partial charge in [0, 0.05) is 32.7 Å². The third kappa shape index (κ3) is 4.92. The summed E-state index contributed by atoms with van der Waals surface area (Å²) >= 11 is 0. The van der Waals surface area contributed by atoms with Crippen molar-refractivity contribution in [2.45, 2.75) is 6.61 Å². The predicted molar refractivity (Wildman–Crippen MR) is 76.5 cm³/mol. The van der Waals surface area contributed by atoms with Gasteiger partial charge in [-0.05, 0) is 5.56 Å². The molecule has 20 heavy (non-hydrogen) atoms. The van der Waals surface area contributed by atoms with E-state index in [1.807, 2.05) is 30.3 Å². The molecule has 1 aliphatic heterocycles. The summed E-state index contributed by atoms with van der Waals surface area (Å²) in [6.07, 6.45) is 0. The van der Waals surface area contributed by atoms with Gasteiger partial charge in [0.2, 0.25) is 0 Å². The van der Waals surface area contributed by atoms with Crippen LogP contribution in [0.4, 0.5) is 0 Å². The van der Waals surface area contributed by atoms with Gasteiger partial charge in [-0.15, -0.1) is 0 Å². The minimum Gasteiger partial charge on any atom is -0.481 e. The van der Waals surface area contributed by atoms with Gasteiger partial charge in [0.1, 0.15) is 0 Å². The second-order valence-electron chi connectivity index (χ2n) is 5.08. The zero-order chi connectivity index (χ0) is 14.2. The van der Waals surface area contributed by atoms with E-state index in [9.17, 15) is 4.79 Å². The molecule has 1 atom stereocenters. The van der Waals surface area contributed by atoms with Crippen LogP contribution in [0.25, 0.3) is 0 Å². The number of hydrogen-bond donors (Lipinski definition) is 2. The molecule has 0 bridgehead atoms. The number of benzene rings is 1. The Kier molecular flexibility index (Phi) is 5.98. The van der Waals surface area contributed by atoms with Gasteiger partial charge in [-0.25, -0.2) is 0 Å². The largest absolute Gasteiger partial charge is 0.481 e. The predicted octanol–water partition coefficient (Wildman–Crippen LogP) is 0.809. The van der Waals surface area contributed by atoms with E-state index in [1.54, 1.807) is 0 Å². The number of rotatable bonds is 6. The Morgan fingerprint density at radius 2 is 2.20 bits per heavy atom. The van der Waals surface area contributed by atoms with E-state index >= 15 is 0 Å². The highest BCUT2D eigenvalue weighted by molar-refractivity contribution is 5.70. The fourth-order valence-corrected chi connectivity index (χ4v) is 2.31. The molecule has 0 radical (unpaired) electrons. The maximum Gasteiger partial charge on any atom is 0.309 e. The Labute approximate surface area is 119 Å². The lowest BCUT2D eigenvalue weighted by molar-refractivity contribution is -0.142. The quantitative estimate of drug-likeness (QED) is 0.754. The highest BCUT2D eigenvalue weighted by Crippen LogP contribution is 2.05. The molecule has 0 amide bonds. The molecule has 2 rings (SSSR count). The summed E-state index contributed by atoms with van der Waals surface area (Å²) in [6.45, 7) is 4.86. The number of carboxylic acids is 1. The van der Waals surface area contributed by atoms with Gasteiger partial charge in [-0.2, -0.15) is 0 Å². The van der Waals surface area contributed by atoms with Crippen LogP contribution in [-0.4, -0.2) is 55.3 Å². The van der Waals surface area contributed by atoms with E-state index in [0.29, 0.717) is 26.3 Å². The van der Waals surface area contributed by atoms with E-state index in [2.05, 4.69) is 10.2 Å². The molecule has 1 heterocycles. The molecule has 0 aliphatic carbocycles. The van der Waals surface area contributed by atoms with Crippen molar-refractivity contribution in [3.8, 4) is 0 Å². The normalized spacial score (nSPS) is 20.5. The summed E-state index contributed by atoms with van der Waals surface area (Å²) in [7, 11) is 0. The van der Waals surface area contributed by atoms with Gasteiger partial charge < -0.3 is 15.2 Å². The van der Waals surface area contributed by atoms with Crippen LogP contribution in [0.15, 0.2) is 30.3 Å². The van der Waals surface area contributed by atoms with Crippen LogP contribution in [0.3, 0.4) is 0 Å². The average Bonchev–Trinajstić information content (AvgIpc) is 2.70. The van der Waals surface area contributed by atoms with Crippen LogP contribution in [-0.2, 0) is 16.1 Å². The monoisotopic (exact) mass is 278 g/mol. The summed E-state index contributed by atoms with van der Waals surface area (Å²) in [4.78, 5) is 13.2.